The highest BCUT2D eigenvalue weighted by molar-refractivity contribution is 5.92. The number of anilines is 1. The van der Waals surface area contributed by atoms with E-state index in [0.29, 0.717) is 13.1 Å². The third-order valence-corrected chi connectivity index (χ3v) is 4.55. The lowest BCUT2D eigenvalue weighted by molar-refractivity contribution is 0.0944. The molecule has 1 atom stereocenters. The highest BCUT2D eigenvalue weighted by atomic mass is 16.2. The Labute approximate surface area is 147 Å². The van der Waals surface area contributed by atoms with Gasteiger partial charge >= 0.3 is 0 Å². The molecule has 0 saturated heterocycles. The zero-order valence-electron chi connectivity index (χ0n) is 14.7. The summed E-state index contributed by atoms with van der Waals surface area (Å²) in [4.78, 5) is 26.4. The van der Waals surface area contributed by atoms with Crippen LogP contribution < -0.4 is 15.8 Å². The number of carbonyl (C=O) groups excluding carboxylic acids is 1. The standard InChI is InChI=1S/C19H24N4O2/c1-3-11-23-18(24)9-8-16(21-23)19(25)20-13-14(2)22-12-10-15-6-4-5-7-17(15)22/h4-9,14H,3,10-13H2,1-2H3,(H,20,25)/t14-/m0/s1. The van der Waals surface area contributed by atoms with E-state index in [2.05, 4.69) is 40.4 Å². The Bertz CT molecular complexity index is 815. The fourth-order valence-electron chi connectivity index (χ4n) is 3.20. The van der Waals surface area contributed by atoms with Crippen molar-refractivity contribution in [2.45, 2.75) is 39.3 Å². The fraction of sp³-hybridized carbons (Fsp3) is 0.421. The molecule has 25 heavy (non-hydrogen) atoms. The minimum absolute atomic E-state index is 0.180. The SMILES string of the molecule is CCCn1nc(C(=O)NC[C@H](C)N2CCc3ccccc32)ccc1=O. The van der Waals surface area contributed by atoms with Crippen LogP contribution in [0.2, 0.25) is 0 Å². The summed E-state index contributed by atoms with van der Waals surface area (Å²) in [7, 11) is 0. The number of rotatable bonds is 6. The van der Waals surface area contributed by atoms with Crippen molar-refractivity contribution < 1.29 is 4.79 Å². The van der Waals surface area contributed by atoms with Crippen LogP contribution >= 0.6 is 0 Å². The molecule has 6 nitrogen and oxygen atoms in total. The van der Waals surface area contributed by atoms with Gasteiger partial charge in [-0.1, -0.05) is 25.1 Å². The summed E-state index contributed by atoms with van der Waals surface area (Å²) >= 11 is 0. The first kappa shape index (κ1) is 17.2. The van der Waals surface area contributed by atoms with Crippen molar-refractivity contribution in [1.29, 1.82) is 0 Å². The predicted molar refractivity (Wildman–Crippen MR) is 98.1 cm³/mol. The van der Waals surface area contributed by atoms with Crippen LogP contribution in [0.3, 0.4) is 0 Å². The highest BCUT2D eigenvalue weighted by Crippen LogP contribution is 2.28. The molecule has 0 spiro atoms. The third kappa shape index (κ3) is 3.73. The second kappa shape index (κ2) is 7.51. The van der Waals surface area contributed by atoms with Crippen molar-refractivity contribution in [3.63, 3.8) is 0 Å². The molecule has 2 aromatic rings. The van der Waals surface area contributed by atoms with Crippen LogP contribution in [-0.4, -0.2) is 34.8 Å². The average Bonchev–Trinajstić information content (AvgIpc) is 3.05. The van der Waals surface area contributed by atoms with E-state index in [4.69, 9.17) is 0 Å². The predicted octanol–water partition coefficient (Wildman–Crippen LogP) is 1.83. The average molecular weight is 340 g/mol. The molecular weight excluding hydrogens is 316 g/mol. The quantitative estimate of drug-likeness (QED) is 0.871. The summed E-state index contributed by atoms with van der Waals surface area (Å²) in [5, 5.41) is 7.09. The van der Waals surface area contributed by atoms with Gasteiger partial charge in [-0.15, -0.1) is 0 Å². The van der Waals surface area contributed by atoms with Gasteiger partial charge in [0.25, 0.3) is 11.5 Å². The monoisotopic (exact) mass is 340 g/mol. The molecule has 1 aliphatic rings. The highest BCUT2D eigenvalue weighted by Gasteiger charge is 2.23. The second-order valence-corrected chi connectivity index (χ2v) is 6.41. The second-order valence-electron chi connectivity index (χ2n) is 6.41. The Morgan fingerprint density at radius 1 is 1.28 bits per heavy atom. The van der Waals surface area contributed by atoms with Gasteiger partial charge in [-0.3, -0.25) is 9.59 Å². The lowest BCUT2D eigenvalue weighted by atomic mass is 10.2. The molecule has 1 amide bonds. The lowest BCUT2D eigenvalue weighted by Gasteiger charge is -2.27. The van der Waals surface area contributed by atoms with Gasteiger partial charge in [-0.2, -0.15) is 5.10 Å². The number of carbonyl (C=O) groups is 1. The van der Waals surface area contributed by atoms with E-state index in [9.17, 15) is 9.59 Å². The molecule has 0 radical (unpaired) electrons. The molecule has 1 aromatic carbocycles. The molecule has 0 saturated carbocycles. The molecule has 132 valence electrons. The van der Waals surface area contributed by atoms with Gasteiger partial charge in [-0.05, 0) is 37.5 Å². The van der Waals surface area contributed by atoms with E-state index in [1.807, 2.05) is 13.0 Å². The largest absolute Gasteiger partial charge is 0.366 e. The fourth-order valence-corrected chi connectivity index (χ4v) is 3.20. The molecule has 0 unspecified atom stereocenters. The van der Waals surface area contributed by atoms with Gasteiger partial charge in [0.05, 0.1) is 0 Å². The number of aromatic nitrogens is 2. The summed E-state index contributed by atoms with van der Waals surface area (Å²) in [6.45, 7) is 6.09. The minimum atomic E-state index is -0.246. The van der Waals surface area contributed by atoms with Gasteiger partial charge in [0.2, 0.25) is 0 Å². The van der Waals surface area contributed by atoms with Crippen LogP contribution in [0.4, 0.5) is 5.69 Å². The molecule has 1 aromatic heterocycles. The number of amides is 1. The molecular formula is C19H24N4O2. The van der Waals surface area contributed by atoms with E-state index in [1.165, 1.54) is 28.1 Å². The van der Waals surface area contributed by atoms with Gasteiger partial charge in [0.15, 0.2) is 0 Å². The maximum Gasteiger partial charge on any atom is 0.271 e. The number of fused-ring (bicyclic) bond motifs is 1. The first-order valence-corrected chi connectivity index (χ1v) is 8.81. The summed E-state index contributed by atoms with van der Waals surface area (Å²) in [6.07, 6.45) is 1.83. The Morgan fingerprint density at radius 2 is 2.08 bits per heavy atom. The number of nitrogens with one attached hydrogen (secondary N) is 1. The number of benzene rings is 1. The van der Waals surface area contributed by atoms with Crippen molar-refractivity contribution in [1.82, 2.24) is 15.1 Å². The summed E-state index contributed by atoms with van der Waals surface area (Å²) < 4.78 is 1.34. The molecule has 6 heteroatoms. The van der Waals surface area contributed by atoms with E-state index >= 15 is 0 Å². The van der Waals surface area contributed by atoms with Crippen molar-refractivity contribution in [2.24, 2.45) is 0 Å². The Morgan fingerprint density at radius 3 is 2.88 bits per heavy atom. The van der Waals surface area contributed by atoms with Gasteiger partial charge in [0, 0.05) is 37.4 Å². The Kier molecular flexibility index (Phi) is 5.16. The van der Waals surface area contributed by atoms with Gasteiger partial charge < -0.3 is 10.2 Å². The van der Waals surface area contributed by atoms with Gasteiger partial charge in [-0.25, -0.2) is 4.68 Å². The Balaban J connectivity index is 1.63. The first-order chi connectivity index (χ1) is 12.1. The Hall–Kier alpha value is -2.63. The summed E-state index contributed by atoms with van der Waals surface area (Å²) in [5.74, 6) is -0.246. The van der Waals surface area contributed by atoms with E-state index in [0.717, 1.165) is 19.4 Å². The lowest BCUT2D eigenvalue weighted by Crippen LogP contribution is -2.42. The number of para-hydroxylation sites is 1. The third-order valence-electron chi connectivity index (χ3n) is 4.55. The van der Waals surface area contributed by atoms with E-state index in [1.54, 1.807) is 0 Å². The van der Waals surface area contributed by atoms with Crippen LogP contribution in [0, 0.1) is 0 Å². The van der Waals surface area contributed by atoms with Crippen molar-refractivity contribution >= 4 is 11.6 Å². The molecule has 1 N–H and O–H groups in total. The summed E-state index contributed by atoms with van der Waals surface area (Å²) in [5.41, 5.74) is 2.70. The zero-order valence-corrected chi connectivity index (χ0v) is 14.7. The summed E-state index contributed by atoms with van der Waals surface area (Å²) in [6, 6.07) is 11.5. The van der Waals surface area contributed by atoms with Crippen LogP contribution in [0.15, 0.2) is 41.2 Å². The first-order valence-electron chi connectivity index (χ1n) is 8.81. The molecule has 0 bridgehead atoms. The van der Waals surface area contributed by atoms with E-state index in [-0.39, 0.29) is 23.2 Å². The number of nitrogens with zero attached hydrogens (tertiary/aromatic N) is 3. The molecule has 2 heterocycles. The van der Waals surface area contributed by atoms with Crippen molar-refractivity contribution in [2.75, 3.05) is 18.0 Å². The van der Waals surface area contributed by atoms with Crippen LogP contribution in [0.1, 0.15) is 36.3 Å². The van der Waals surface area contributed by atoms with Crippen molar-refractivity contribution in [3.8, 4) is 0 Å². The van der Waals surface area contributed by atoms with Crippen molar-refractivity contribution in [3.05, 3.63) is 58.0 Å². The normalized spacial score (nSPS) is 14.2. The number of aryl methyl sites for hydroxylation is 1. The maximum atomic E-state index is 12.4. The van der Waals surface area contributed by atoms with Crippen LogP contribution in [0.25, 0.3) is 0 Å². The minimum Gasteiger partial charge on any atom is -0.366 e. The molecule has 1 aliphatic heterocycles. The number of hydrogen-bond donors (Lipinski definition) is 1. The van der Waals surface area contributed by atoms with Crippen LogP contribution in [0.5, 0.6) is 0 Å². The zero-order chi connectivity index (χ0) is 17.8. The van der Waals surface area contributed by atoms with Crippen LogP contribution in [-0.2, 0) is 13.0 Å². The topological polar surface area (TPSA) is 67.2 Å². The van der Waals surface area contributed by atoms with Gasteiger partial charge in [0.1, 0.15) is 5.69 Å². The maximum absolute atomic E-state index is 12.4. The van der Waals surface area contributed by atoms with E-state index < -0.39 is 0 Å². The molecule has 0 aliphatic carbocycles. The molecule has 3 rings (SSSR count). The molecule has 0 fully saturated rings. The number of hydrogen-bond acceptors (Lipinski definition) is 4. The smallest absolute Gasteiger partial charge is 0.271 e.